The molecule has 0 bridgehead atoms. The molecule has 6 heteroatoms. The average molecular weight is 381 g/mol. The Hall–Kier alpha value is -3.41. The molecule has 0 aliphatic heterocycles. The highest BCUT2D eigenvalue weighted by molar-refractivity contribution is 6.00. The number of furan rings is 1. The largest absolute Gasteiger partial charge is 0.465 e. The highest BCUT2D eigenvalue weighted by Gasteiger charge is 2.17. The summed E-state index contributed by atoms with van der Waals surface area (Å²) in [4.78, 5) is 24.2. The molecule has 0 N–H and O–H groups in total. The fourth-order valence-corrected chi connectivity index (χ4v) is 2.90. The van der Waals surface area contributed by atoms with E-state index in [1.807, 2.05) is 18.4 Å². The molecule has 3 aromatic rings. The van der Waals surface area contributed by atoms with Gasteiger partial charge in [0.05, 0.1) is 6.26 Å². The minimum Gasteiger partial charge on any atom is -0.465 e. The molecule has 0 aliphatic rings. The molecule has 5 nitrogen and oxygen atoms in total. The van der Waals surface area contributed by atoms with Crippen LogP contribution in [0.2, 0.25) is 0 Å². The van der Waals surface area contributed by atoms with Crippen LogP contribution in [0.5, 0.6) is 0 Å². The van der Waals surface area contributed by atoms with Gasteiger partial charge in [0.2, 0.25) is 5.78 Å². The lowest BCUT2D eigenvalue weighted by Crippen LogP contribution is -2.13. The standard InChI is InChI=1S/C22H20FNO4/c1-15-12-20(16(2)24(15)13-17-5-7-18(23)8-6-17)21(25)14-28-22(26)10-9-19-4-3-11-27-19/h3-12H,13-14H2,1-2H3/b10-9+. The molecule has 0 saturated heterocycles. The van der Waals surface area contributed by atoms with Gasteiger partial charge in [0, 0.05) is 29.6 Å². The zero-order valence-electron chi connectivity index (χ0n) is 15.6. The molecule has 3 rings (SSSR count). The van der Waals surface area contributed by atoms with Crippen molar-refractivity contribution in [2.45, 2.75) is 20.4 Å². The highest BCUT2D eigenvalue weighted by atomic mass is 19.1. The van der Waals surface area contributed by atoms with Gasteiger partial charge in [-0.1, -0.05) is 12.1 Å². The first kappa shape index (κ1) is 19.4. The third-order valence-corrected chi connectivity index (χ3v) is 4.40. The summed E-state index contributed by atoms with van der Waals surface area (Å²) in [6, 6.07) is 11.4. The van der Waals surface area contributed by atoms with Gasteiger partial charge in [-0.05, 0) is 55.8 Å². The molecule has 1 aromatic carbocycles. The summed E-state index contributed by atoms with van der Waals surface area (Å²) in [5.41, 5.74) is 3.10. The molecule has 2 heterocycles. The van der Waals surface area contributed by atoms with Crippen molar-refractivity contribution in [3.63, 3.8) is 0 Å². The van der Waals surface area contributed by atoms with Crippen molar-refractivity contribution >= 4 is 17.8 Å². The van der Waals surface area contributed by atoms with E-state index < -0.39 is 5.97 Å². The van der Waals surface area contributed by atoms with Crippen LogP contribution in [0.15, 0.2) is 59.2 Å². The summed E-state index contributed by atoms with van der Waals surface area (Å²) < 4.78 is 25.2. The number of carbonyl (C=O) groups excluding carboxylic acids is 2. The number of benzene rings is 1. The van der Waals surface area contributed by atoms with E-state index in [1.54, 1.807) is 30.3 Å². The van der Waals surface area contributed by atoms with Crippen molar-refractivity contribution < 1.29 is 23.1 Å². The van der Waals surface area contributed by atoms with Gasteiger partial charge in [-0.2, -0.15) is 0 Å². The first-order chi connectivity index (χ1) is 13.4. The topological polar surface area (TPSA) is 61.4 Å². The summed E-state index contributed by atoms with van der Waals surface area (Å²) >= 11 is 0. The Morgan fingerprint density at radius 3 is 2.61 bits per heavy atom. The summed E-state index contributed by atoms with van der Waals surface area (Å²) in [5.74, 6) is -0.667. The number of hydrogen-bond acceptors (Lipinski definition) is 4. The maximum atomic E-state index is 13.1. The second-order valence-corrected chi connectivity index (χ2v) is 6.38. The molecule has 2 aromatic heterocycles. The maximum Gasteiger partial charge on any atom is 0.331 e. The molecule has 0 fully saturated rings. The first-order valence-corrected chi connectivity index (χ1v) is 8.77. The minimum atomic E-state index is -0.620. The number of carbonyl (C=O) groups is 2. The summed E-state index contributed by atoms with van der Waals surface area (Å²) in [6.45, 7) is 3.91. The van der Waals surface area contributed by atoms with Crippen LogP contribution >= 0.6 is 0 Å². The van der Waals surface area contributed by atoms with Gasteiger partial charge in [-0.25, -0.2) is 9.18 Å². The van der Waals surface area contributed by atoms with Gasteiger partial charge in [0.15, 0.2) is 6.61 Å². The van der Waals surface area contributed by atoms with Crippen LogP contribution in [0.1, 0.15) is 33.1 Å². The van der Waals surface area contributed by atoms with Gasteiger partial charge < -0.3 is 13.7 Å². The lowest BCUT2D eigenvalue weighted by Gasteiger charge is -2.10. The number of halogens is 1. The molecule has 0 amide bonds. The Morgan fingerprint density at radius 2 is 1.93 bits per heavy atom. The quantitative estimate of drug-likeness (QED) is 0.347. The number of aryl methyl sites for hydroxylation is 1. The smallest absolute Gasteiger partial charge is 0.331 e. The molecule has 28 heavy (non-hydrogen) atoms. The van der Waals surface area contributed by atoms with Crippen LogP contribution in [0, 0.1) is 19.7 Å². The van der Waals surface area contributed by atoms with Crippen molar-refractivity contribution in [1.82, 2.24) is 4.57 Å². The van der Waals surface area contributed by atoms with E-state index in [-0.39, 0.29) is 18.2 Å². The van der Waals surface area contributed by atoms with E-state index in [9.17, 15) is 14.0 Å². The van der Waals surface area contributed by atoms with Crippen molar-refractivity contribution in [3.8, 4) is 0 Å². The van der Waals surface area contributed by atoms with Gasteiger partial charge in [-0.3, -0.25) is 4.79 Å². The Balaban J connectivity index is 1.63. The fourth-order valence-electron chi connectivity index (χ4n) is 2.90. The Bertz CT molecular complexity index is 998. The number of Topliss-reactive ketones (excluding diaryl/α,β-unsaturated/α-hetero) is 1. The number of esters is 1. The zero-order valence-corrected chi connectivity index (χ0v) is 15.6. The molecule has 0 atom stereocenters. The monoisotopic (exact) mass is 381 g/mol. The van der Waals surface area contributed by atoms with Crippen molar-refractivity contribution in [1.29, 1.82) is 0 Å². The zero-order chi connectivity index (χ0) is 20.1. The summed E-state index contributed by atoms with van der Waals surface area (Å²) in [7, 11) is 0. The van der Waals surface area contributed by atoms with Crippen LogP contribution in [0.25, 0.3) is 6.08 Å². The maximum absolute atomic E-state index is 13.1. The number of ketones is 1. The Kier molecular flexibility index (Phi) is 5.89. The van der Waals surface area contributed by atoms with Crippen LogP contribution in [-0.2, 0) is 16.1 Å². The van der Waals surface area contributed by atoms with Gasteiger partial charge in [-0.15, -0.1) is 0 Å². The fraction of sp³-hybridized carbons (Fsp3) is 0.182. The number of ether oxygens (including phenoxy) is 1. The first-order valence-electron chi connectivity index (χ1n) is 8.77. The SMILES string of the molecule is Cc1cc(C(=O)COC(=O)/C=C/c2ccco2)c(C)n1Cc1ccc(F)cc1. The molecule has 144 valence electrons. The van der Waals surface area contributed by atoms with E-state index in [0.717, 1.165) is 17.0 Å². The van der Waals surface area contributed by atoms with E-state index in [1.165, 1.54) is 30.5 Å². The van der Waals surface area contributed by atoms with E-state index in [2.05, 4.69) is 0 Å². The number of aromatic nitrogens is 1. The van der Waals surface area contributed by atoms with Gasteiger partial charge in [0.1, 0.15) is 11.6 Å². The molecule has 0 radical (unpaired) electrons. The third-order valence-electron chi connectivity index (χ3n) is 4.40. The molecule has 0 spiro atoms. The number of hydrogen-bond donors (Lipinski definition) is 0. The number of nitrogens with zero attached hydrogens (tertiary/aromatic N) is 1. The van der Waals surface area contributed by atoms with Crippen LogP contribution < -0.4 is 0 Å². The lowest BCUT2D eigenvalue weighted by molar-refractivity contribution is -0.136. The Morgan fingerprint density at radius 1 is 1.18 bits per heavy atom. The highest BCUT2D eigenvalue weighted by Crippen LogP contribution is 2.18. The molecule has 0 unspecified atom stereocenters. The van der Waals surface area contributed by atoms with Crippen LogP contribution in [-0.4, -0.2) is 22.9 Å². The average Bonchev–Trinajstić information content (AvgIpc) is 3.29. The van der Waals surface area contributed by atoms with E-state index in [4.69, 9.17) is 9.15 Å². The van der Waals surface area contributed by atoms with Crippen molar-refractivity contribution in [2.24, 2.45) is 0 Å². The number of rotatable bonds is 7. The van der Waals surface area contributed by atoms with Crippen molar-refractivity contribution in [2.75, 3.05) is 6.61 Å². The predicted molar refractivity (Wildman–Crippen MR) is 102 cm³/mol. The molecule has 0 aliphatic carbocycles. The van der Waals surface area contributed by atoms with Crippen LogP contribution in [0.3, 0.4) is 0 Å². The van der Waals surface area contributed by atoms with E-state index in [0.29, 0.717) is 17.9 Å². The lowest BCUT2D eigenvalue weighted by atomic mass is 10.1. The summed E-state index contributed by atoms with van der Waals surface area (Å²) in [6.07, 6.45) is 4.18. The second kappa shape index (κ2) is 8.52. The van der Waals surface area contributed by atoms with Crippen LogP contribution in [0.4, 0.5) is 4.39 Å². The molecular weight excluding hydrogens is 361 g/mol. The molecule has 0 saturated carbocycles. The van der Waals surface area contributed by atoms with Gasteiger partial charge >= 0.3 is 5.97 Å². The second-order valence-electron chi connectivity index (χ2n) is 6.38. The summed E-state index contributed by atoms with van der Waals surface area (Å²) in [5, 5.41) is 0. The normalized spacial score (nSPS) is 11.1. The van der Waals surface area contributed by atoms with E-state index >= 15 is 0 Å². The third kappa shape index (κ3) is 4.65. The molecular formula is C22H20FNO4. The predicted octanol–water partition coefficient (Wildman–Crippen LogP) is 4.32. The Labute approximate surface area is 162 Å². The van der Waals surface area contributed by atoms with Gasteiger partial charge in [0.25, 0.3) is 0 Å². The minimum absolute atomic E-state index is 0.279. The van der Waals surface area contributed by atoms with Crippen molar-refractivity contribution in [3.05, 3.63) is 88.9 Å².